The number of rotatable bonds is 12. The molecule has 0 unspecified atom stereocenters. The van der Waals surface area contributed by atoms with Crippen LogP contribution in [0.4, 0.5) is 19.6 Å². The lowest BCUT2D eigenvalue weighted by Crippen LogP contribution is -2.56. The minimum absolute atomic E-state index is 0.000172. The number of ether oxygens (including phenoxy) is 3. The first-order valence-electron chi connectivity index (χ1n) is 25.3. The van der Waals surface area contributed by atoms with Crippen LogP contribution in [0.15, 0.2) is 59.4 Å². The fourth-order valence-corrected chi connectivity index (χ4v) is 12.7. The van der Waals surface area contributed by atoms with Gasteiger partial charge in [0.1, 0.15) is 53.3 Å². The molecule has 0 bridgehead atoms. The van der Waals surface area contributed by atoms with E-state index in [4.69, 9.17) is 41.5 Å². The molecule has 2 saturated heterocycles. The number of carbonyl (C=O) groups is 2. The molecular weight excluding hydrogens is 1030 g/mol. The van der Waals surface area contributed by atoms with Gasteiger partial charge in [0.15, 0.2) is 11.4 Å². The second-order valence-corrected chi connectivity index (χ2v) is 21.4. The SMILES string of the molecule is C=C(C(=O)N1CCN(c2nc(OC[C@@H]3CCCN3C)nc3c(F)c(-c4ccc(F)c5sc(N)c(C#N)c45)c(Cl)cc23)C[C@@H]1CC#N)[C@@H](C)Oc1ccc2nc3c(c(CC)c2c1)Cn1c-3cc2c(c1=O)COC(=O)[C@]2(O)CC. The smallest absolute Gasteiger partial charge is 0.343 e. The zero-order valence-electron chi connectivity index (χ0n) is 42.5. The number of likely N-dealkylation sites (N-methyl/N-ethyl adjacent to an activating group) is 1. The van der Waals surface area contributed by atoms with Crippen molar-refractivity contribution in [3.05, 3.63) is 109 Å². The Kier molecular flexibility index (Phi) is 13.1. The topological polar surface area (TPSA) is 226 Å². The third-order valence-electron chi connectivity index (χ3n) is 15.7. The minimum Gasteiger partial charge on any atom is -0.486 e. The lowest BCUT2D eigenvalue weighted by molar-refractivity contribution is -0.172. The molecule has 8 heterocycles. The van der Waals surface area contributed by atoms with Crippen molar-refractivity contribution in [2.75, 3.05) is 50.5 Å². The van der Waals surface area contributed by atoms with E-state index < -0.39 is 41.3 Å². The Morgan fingerprint density at radius 2 is 1.88 bits per heavy atom. The zero-order chi connectivity index (χ0) is 54.4. The van der Waals surface area contributed by atoms with E-state index in [1.54, 1.807) is 41.5 Å². The molecule has 4 aliphatic heterocycles. The first kappa shape index (κ1) is 51.4. The van der Waals surface area contributed by atoms with Crippen molar-refractivity contribution < 1.29 is 37.7 Å². The molecule has 394 valence electrons. The van der Waals surface area contributed by atoms with Crippen LogP contribution in [0.1, 0.15) is 74.3 Å². The maximum absolute atomic E-state index is 17.4. The van der Waals surface area contributed by atoms with Gasteiger partial charge in [-0.15, -0.1) is 11.3 Å². The quantitative estimate of drug-likeness (QED) is 0.0867. The summed E-state index contributed by atoms with van der Waals surface area (Å²) in [6, 6.07) is 14.7. The Morgan fingerprint density at radius 3 is 2.61 bits per heavy atom. The van der Waals surface area contributed by atoms with E-state index in [0.717, 1.165) is 47.2 Å². The number of aliphatic hydroxyl groups is 1. The molecule has 7 aromatic rings. The molecular formula is C56H51ClF2N10O7S. The molecule has 1 amide bonds. The van der Waals surface area contributed by atoms with Gasteiger partial charge >= 0.3 is 12.0 Å². The average molecular weight is 1080 g/mol. The number of hydrogen-bond donors (Lipinski definition) is 2. The summed E-state index contributed by atoms with van der Waals surface area (Å²) in [6.45, 7) is 11.1. The molecule has 77 heavy (non-hydrogen) atoms. The van der Waals surface area contributed by atoms with E-state index in [1.165, 1.54) is 18.2 Å². The number of nitrogens with zero attached hydrogens (tertiary/aromatic N) is 9. The summed E-state index contributed by atoms with van der Waals surface area (Å²) in [7, 11) is 2.00. The monoisotopic (exact) mass is 1080 g/mol. The number of nitrogens with two attached hydrogens (primary N) is 1. The molecule has 17 nitrogen and oxygen atoms in total. The molecule has 2 fully saturated rings. The molecule has 0 spiro atoms. The van der Waals surface area contributed by atoms with Crippen LogP contribution in [0.2, 0.25) is 5.02 Å². The Hall–Kier alpha value is -7.75. The van der Waals surface area contributed by atoms with Gasteiger partial charge in [0.25, 0.3) is 11.5 Å². The summed E-state index contributed by atoms with van der Waals surface area (Å²) in [6.07, 6.45) is 1.58. The Bertz CT molecular complexity index is 3860. The number of aryl methyl sites for hydroxylation is 1. The molecule has 4 aromatic heterocycles. The van der Waals surface area contributed by atoms with Gasteiger partial charge in [-0.3, -0.25) is 9.59 Å². The first-order chi connectivity index (χ1) is 37.0. The summed E-state index contributed by atoms with van der Waals surface area (Å²) >= 11 is 7.87. The number of amides is 1. The van der Waals surface area contributed by atoms with Gasteiger partial charge in [-0.05, 0) is 93.7 Å². The second-order valence-electron chi connectivity index (χ2n) is 19.9. The summed E-state index contributed by atoms with van der Waals surface area (Å²) in [5.74, 6) is -1.99. The molecule has 4 atom stereocenters. The summed E-state index contributed by atoms with van der Waals surface area (Å²) in [4.78, 5) is 61.1. The van der Waals surface area contributed by atoms with Crippen molar-refractivity contribution in [2.45, 2.75) is 89.8 Å². The van der Waals surface area contributed by atoms with E-state index in [1.807, 2.05) is 31.0 Å². The van der Waals surface area contributed by atoms with Gasteiger partial charge in [0.2, 0.25) is 0 Å². The van der Waals surface area contributed by atoms with Gasteiger partial charge < -0.3 is 44.3 Å². The number of nitrogen functional groups attached to an aromatic ring is 1. The molecule has 11 rings (SSSR count). The number of aromatic nitrogens is 4. The number of hydrogen-bond acceptors (Lipinski definition) is 16. The van der Waals surface area contributed by atoms with Gasteiger partial charge in [0.05, 0.1) is 62.8 Å². The summed E-state index contributed by atoms with van der Waals surface area (Å²) in [5, 5.41) is 32.7. The Morgan fingerprint density at radius 1 is 1.08 bits per heavy atom. The summed E-state index contributed by atoms with van der Waals surface area (Å²) < 4.78 is 52.1. The number of carbonyl (C=O) groups excluding carboxylic acids is 2. The van der Waals surface area contributed by atoms with Crippen molar-refractivity contribution in [2.24, 2.45) is 0 Å². The number of cyclic esters (lactones) is 1. The van der Waals surface area contributed by atoms with Crippen LogP contribution in [0.3, 0.4) is 0 Å². The molecule has 3 N–H and O–H groups in total. The Balaban J connectivity index is 0.869. The van der Waals surface area contributed by atoms with Crippen LogP contribution in [0.5, 0.6) is 11.8 Å². The number of thiophene rings is 1. The third kappa shape index (κ3) is 8.36. The van der Waals surface area contributed by atoms with E-state index in [-0.39, 0.29) is 140 Å². The van der Waals surface area contributed by atoms with Crippen LogP contribution >= 0.6 is 22.9 Å². The number of esters is 1. The first-order valence-corrected chi connectivity index (χ1v) is 26.5. The van der Waals surface area contributed by atoms with E-state index in [2.05, 4.69) is 22.5 Å². The number of fused-ring (bicyclic) bond motifs is 7. The maximum Gasteiger partial charge on any atom is 0.343 e. The molecule has 0 saturated carbocycles. The van der Waals surface area contributed by atoms with Crippen molar-refractivity contribution in [1.82, 2.24) is 29.3 Å². The number of pyridine rings is 2. The number of anilines is 2. The van der Waals surface area contributed by atoms with E-state index in [9.17, 15) is 30.0 Å². The van der Waals surface area contributed by atoms with Crippen molar-refractivity contribution >= 4 is 77.5 Å². The second kappa shape index (κ2) is 19.7. The van der Waals surface area contributed by atoms with Crippen LogP contribution in [-0.4, -0.2) is 104 Å². The molecule has 4 aliphatic rings. The minimum atomic E-state index is -1.95. The lowest BCUT2D eigenvalue weighted by Gasteiger charge is -2.42. The van der Waals surface area contributed by atoms with Gasteiger partial charge in [0, 0.05) is 64.1 Å². The van der Waals surface area contributed by atoms with Crippen LogP contribution < -0.4 is 25.7 Å². The average Bonchev–Trinajstić information content (AvgIpc) is 4.35. The van der Waals surface area contributed by atoms with Gasteiger partial charge in [-0.25, -0.2) is 18.6 Å². The maximum atomic E-state index is 17.4. The number of benzene rings is 3. The largest absolute Gasteiger partial charge is 0.486 e. The predicted octanol–water partition coefficient (Wildman–Crippen LogP) is 8.28. The van der Waals surface area contributed by atoms with Gasteiger partial charge in [-0.2, -0.15) is 20.5 Å². The lowest BCUT2D eigenvalue weighted by atomic mass is 9.86. The highest BCUT2D eigenvalue weighted by Crippen LogP contribution is 2.47. The van der Waals surface area contributed by atoms with Gasteiger partial charge in [-0.1, -0.05) is 38.1 Å². The van der Waals surface area contributed by atoms with Crippen molar-refractivity contribution in [3.8, 4) is 46.4 Å². The highest BCUT2D eigenvalue weighted by Gasteiger charge is 2.46. The van der Waals surface area contributed by atoms with Crippen molar-refractivity contribution in [1.29, 1.82) is 10.5 Å². The summed E-state index contributed by atoms with van der Waals surface area (Å²) in [5.41, 5.74) is 7.84. The Labute approximate surface area is 449 Å². The number of likely N-dealkylation sites (tertiary alicyclic amines) is 1. The number of halogens is 3. The fourth-order valence-electron chi connectivity index (χ4n) is 11.4. The van der Waals surface area contributed by atoms with Crippen LogP contribution in [0, 0.1) is 34.3 Å². The third-order valence-corrected chi connectivity index (χ3v) is 17.0. The normalized spacial score (nSPS) is 19.4. The fraction of sp³-hybridized carbons (Fsp3) is 0.357. The predicted molar refractivity (Wildman–Crippen MR) is 287 cm³/mol. The van der Waals surface area contributed by atoms with Crippen molar-refractivity contribution in [3.63, 3.8) is 0 Å². The van der Waals surface area contributed by atoms with Crippen LogP contribution in [0.25, 0.3) is 54.4 Å². The molecule has 0 aliphatic carbocycles. The van der Waals surface area contributed by atoms with E-state index >= 15 is 8.78 Å². The molecule has 21 heteroatoms. The number of piperazine rings is 1. The standard InChI is InChI=1S/C56H51ClF2N10O7S/c1-6-32-34-19-31(10-13-42(34)63-47-37(32)24-69-43(47)21-39-38(53(69)71)26-74-54(72)56(39,73)7-2)76-28(4)27(3)52(70)68-18-17-67(23-29(68)14-15-60)51-35-20-40(57)45(33-11-12-41(58)49-44(33)36(22-61)50(62)77-49)46(59)48(35)64-55(65-51)75-25-30-9-8-16-66(30)5/h10-13,19-21,28-30,73H,3,6-9,14,16-18,23-26,62H2,1-2,4-5H3/t28-,29+,30+,56+/m1/s1. The number of nitriles is 2. The molecule has 3 aromatic carbocycles. The highest BCUT2D eigenvalue weighted by molar-refractivity contribution is 7.23. The van der Waals surface area contributed by atoms with Crippen LogP contribution in [-0.2, 0) is 39.5 Å². The van der Waals surface area contributed by atoms with E-state index in [0.29, 0.717) is 29.1 Å². The molecule has 0 radical (unpaired) electrons. The zero-order valence-corrected chi connectivity index (χ0v) is 44.1. The highest BCUT2D eigenvalue weighted by atomic mass is 35.5.